The molecule has 0 aliphatic rings. The van der Waals surface area contributed by atoms with Crippen LogP contribution in [0.15, 0.2) is 87.5 Å². The Bertz CT molecular complexity index is 1050. The molecule has 0 aromatic heterocycles. The summed E-state index contributed by atoms with van der Waals surface area (Å²) < 4.78 is 11.5. The van der Waals surface area contributed by atoms with Crippen LogP contribution in [0.4, 0.5) is 0 Å². The smallest absolute Gasteiger partial charge is 0.213 e. The second-order valence-corrected chi connectivity index (χ2v) is 6.84. The van der Waals surface area contributed by atoms with E-state index >= 15 is 0 Å². The largest absolute Gasteiger partial charge is 0.496 e. The number of nitrogens with zero attached hydrogens (tertiary/aromatic N) is 2. The van der Waals surface area contributed by atoms with Gasteiger partial charge in [-0.1, -0.05) is 60.7 Å². The van der Waals surface area contributed by atoms with E-state index < -0.39 is 0 Å². The molecule has 0 unspecified atom stereocenters. The Labute approximate surface area is 177 Å². The van der Waals surface area contributed by atoms with Gasteiger partial charge in [-0.05, 0) is 28.1 Å². The van der Waals surface area contributed by atoms with Gasteiger partial charge in [-0.25, -0.2) is 0 Å². The fourth-order valence-electron chi connectivity index (χ4n) is 2.69. The summed E-state index contributed by atoms with van der Waals surface area (Å²) in [5.74, 6) is 1.04. The van der Waals surface area contributed by atoms with Crippen molar-refractivity contribution in [1.29, 1.82) is 0 Å². The zero-order valence-electron chi connectivity index (χ0n) is 16.0. The molecule has 0 bridgehead atoms. The van der Waals surface area contributed by atoms with Gasteiger partial charge in [0.2, 0.25) is 5.78 Å². The Morgan fingerprint density at radius 3 is 2.03 bits per heavy atom. The van der Waals surface area contributed by atoms with Crippen molar-refractivity contribution in [2.24, 2.45) is 10.2 Å². The van der Waals surface area contributed by atoms with Crippen molar-refractivity contribution in [3.63, 3.8) is 0 Å². The van der Waals surface area contributed by atoms with Gasteiger partial charge in [-0.3, -0.25) is 4.79 Å². The third kappa shape index (κ3) is 4.97. The zero-order chi connectivity index (χ0) is 20.6. The van der Waals surface area contributed by atoms with E-state index in [1.54, 1.807) is 38.5 Å². The van der Waals surface area contributed by atoms with E-state index in [-0.39, 0.29) is 11.5 Å². The number of hydrogen-bond donors (Lipinski definition) is 0. The van der Waals surface area contributed by atoms with Crippen LogP contribution in [0.1, 0.15) is 21.5 Å². The van der Waals surface area contributed by atoms with Crippen LogP contribution in [0.2, 0.25) is 0 Å². The molecule has 0 fully saturated rings. The number of rotatable bonds is 7. The minimum Gasteiger partial charge on any atom is -0.496 e. The predicted molar refractivity (Wildman–Crippen MR) is 119 cm³/mol. The summed E-state index contributed by atoms with van der Waals surface area (Å²) in [6, 6.07) is 21.8. The molecular weight excluding hydrogens is 432 g/mol. The van der Waals surface area contributed by atoms with E-state index in [4.69, 9.17) is 9.47 Å². The van der Waals surface area contributed by atoms with Gasteiger partial charge in [-0.2, -0.15) is 5.10 Å². The Kier molecular flexibility index (Phi) is 6.92. The van der Waals surface area contributed by atoms with Gasteiger partial charge in [0.1, 0.15) is 17.2 Å². The molecule has 0 aliphatic heterocycles. The maximum Gasteiger partial charge on any atom is 0.213 e. The first kappa shape index (κ1) is 20.5. The molecule has 0 aliphatic carbocycles. The second kappa shape index (κ2) is 9.80. The third-order valence-electron chi connectivity index (χ3n) is 4.16. The molecule has 0 spiro atoms. The van der Waals surface area contributed by atoms with Crippen molar-refractivity contribution in [3.05, 3.63) is 94.0 Å². The summed E-state index contributed by atoms with van der Waals surface area (Å²) in [7, 11) is 3.15. The van der Waals surface area contributed by atoms with Gasteiger partial charge < -0.3 is 9.47 Å². The third-order valence-corrected chi connectivity index (χ3v) is 4.78. The van der Waals surface area contributed by atoms with Crippen LogP contribution in [-0.2, 0) is 0 Å². The van der Waals surface area contributed by atoms with Crippen LogP contribution >= 0.6 is 15.9 Å². The first-order valence-corrected chi connectivity index (χ1v) is 9.61. The lowest BCUT2D eigenvalue weighted by Gasteiger charge is -2.09. The van der Waals surface area contributed by atoms with Gasteiger partial charge in [0, 0.05) is 16.7 Å². The van der Waals surface area contributed by atoms with Crippen molar-refractivity contribution in [2.45, 2.75) is 0 Å². The van der Waals surface area contributed by atoms with E-state index in [9.17, 15) is 4.79 Å². The number of ketones is 1. The molecule has 0 saturated heterocycles. The Morgan fingerprint density at radius 1 is 0.862 bits per heavy atom. The standard InChI is InChI=1S/C23H19BrN2O3/c1-28-20-14-19(24)21(29-2)13-18(20)15-25-26-22(16-9-5-3-6-10-16)23(27)17-11-7-4-8-12-17/h3-15H,1-2H3/b25-15+,26-22-. The summed E-state index contributed by atoms with van der Waals surface area (Å²) in [6.07, 6.45) is 1.54. The van der Waals surface area contributed by atoms with Crippen LogP contribution < -0.4 is 9.47 Å². The van der Waals surface area contributed by atoms with Crippen molar-refractivity contribution in [1.82, 2.24) is 0 Å². The molecule has 0 saturated carbocycles. The maximum atomic E-state index is 13.0. The van der Waals surface area contributed by atoms with E-state index in [1.807, 2.05) is 48.5 Å². The fraction of sp³-hybridized carbons (Fsp3) is 0.0870. The molecule has 146 valence electrons. The van der Waals surface area contributed by atoms with Gasteiger partial charge in [0.15, 0.2) is 0 Å². The number of carbonyl (C=O) groups is 1. The van der Waals surface area contributed by atoms with Crippen molar-refractivity contribution < 1.29 is 14.3 Å². The molecule has 3 aromatic rings. The van der Waals surface area contributed by atoms with Crippen molar-refractivity contribution in [2.75, 3.05) is 14.2 Å². The van der Waals surface area contributed by atoms with E-state index in [0.29, 0.717) is 28.2 Å². The first-order chi connectivity index (χ1) is 14.1. The molecule has 3 aromatic carbocycles. The van der Waals surface area contributed by atoms with Crippen LogP contribution in [0.3, 0.4) is 0 Å². The number of benzene rings is 3. The monoisotopic (exact) mass is 450 g/mol. The highest BCUT2D eigenvalue weighted by atomic mass is 79.9. The van der Waals surface area contributed by atoms with Crippen LogP contribution in [-0.4, -0.2) is 31.9 Å². The summed E-state index contributed by atoms with van der Waals surface area (Å²) in [6.45, 7) is 0. The second-order valence-electron chi connectivity index (χ2n) is 5.98. The summed E-state index contributed by atoms with van der Waals surface area (Å²) in [5, 5.41) is 8.42. The van der Waals surface area contributed by atoms with E-state index in [2.05, 4.69) is 26.1 Å². The number of carbonyl (C=O) groups excluding carboxylic acids is 1. The minimum absolute atomic E-state index is 0.200. The lowest BCUT2D eigenvalue weighted by molar-refractivity contribution is 0.106. The molecule has 6 heteroatoms. The highest BCUT2D eigenvalue weighted by Crippen LogP contribution is 2.31. The molecule has 0 atom stereocenters. The van der Waals surface area contributed by atoms with E-state index in [0.717, 1.165) is 4.47 Å². The molecule has 29 heavy (non-hydrogen) atoms. The summed E-state index contributed by atoms with van der Waals surface area (Å²) in [5.41, 5.74) is 2.18. The highest BCUT2D eigenvalue weighted by molar-refractivity contribution is 9.10. The number of halogens is 1. The molecule has 0 amide bonds. The minimum atomic E-state index is -0.200. The summed E-state index contributed by atoms with van der Waals surface area (Å²) >= 11 is 3.43. The number of Topliss-reactive ketones (excluding diaryl/α,β-unsaturated/α-hetero) is 1. The Morgan fingerprint density at radius 2 is 1.45 bits per heavy atom. The number of methoxy groups -OCH3 is 2. The molecule has 0 heterocycles. The van der Waals surface area contributed by atoms with Gasteiger partial charge in [-0.15, -0.1) is 5.10 Å². The lowest BCUT2D eigenvalue weighted by Crippen LogP contribution is -2.15. The fourth-order valence-corrected chi connectivity index (χ4v) is 3.17. The molecular formula is C23H19BrN2O3. The topological polar surface area (TPSA) is 60.2 Å². The van der Waals surface area contributed by atoms with Crippen LogP contribution in [0.5, 0.6) is 11.5 Å². The number of hydrogen-bond acceptors (Lipinski definition) is 5. The Hall–Kier alpha value is -3.25. The van der Waals surface area contributed by atoms with Crippen molar-refractivity contribution in [3.8, 4) is 11.5 Å². The van der Waals surface area contributed by atoms with Crippen LogP contribution in [0.25, 0.3) is 0 Å². The van der Waals surface area contributed by atoms with Gasteiger partial charge in [0.05, 0.1) is 24.9 Å². The van der Waals surface area contributed by atoms with Gasteiger partial charge in [0.25, 0.3) is 0 Å². The highest BCUT2D eigenvalue weighted by Gasteiger charge is 2.16. The molecule has 3 rings (SSSR count). The van der Waals surface area contributed by atoms with Crippen LogP contribution in [0, 0.1) is 0 Å². The normalized spacial score (nSPS) is 11.5. The molecule has 5 nitrogen and oxygen atoms in total. The Balaban J connectivity index is 2.00. The predicted octanol–water partition coefficient (Wildman–Crippen LogP) is 5.17. The molecule has 0 N–H and O–H groups in total. The molecule has 0 radical (unpaired) electrons. The number of ether oxygens (including phenoxy) is 2. The first-order valence-electron chi connectivity index (χ1n) is 8.81. The zero-order valence-corrected chi connectivity index (χ0v) is 17.6. The quantitative estimate of drug-likeness (QED) is 0.283. The SMILES string of the molecule is COc1cc(/C=N/N=C(\C(=O)c2ccccc2)c2ccccc2)c(OC)cc1Br. The van der Waals surface area contributed by atoms with E-state index in [1.165, 1.54) is 6.21 Å². The average molecular weight is 451 g/mol. The van der Waals surface area contributed by atoms with Gasteiger partial charge >= 0.3 is 0 Å². The average Bonchev–Trinajstić information content (AvgIpc) is 2.78. The maximum absolute atomic E-state index is 13.0. The summed E-state index contributed by atoms with van der Waals surface area (Å²) in [4.78, 5) is 13.0. The van der Waals surface area contributed by atoms with Crippen molar-refractivity contribution >= 4 is 33.6 Å². The lowest BCUT2D eigenvalue weighted by atomic mass is 10.0.